The van der Waals surface area contributed by atoms with Crippen molar-refractivity contribution in [3.05, 3.63) is 85.4 Å². The van der Waals surface area contributed by atoms with Crippen LogP contribution in [0.3, 0.4) is 0 Å². The van der Waals surface area contributed by atoms with E-state index in [0.29, 0.717) is 9.13 Å². The summed E-state index contributed by atoms with van der Waals surface area (Å²) in [6.45, 7) is 1.95. The van der Waals surface area contributed by atoms with Gasteiger partial charge < -0.3 is 14.2 Å². The fourth-order valence-corrected chi connectivity index (χ4v) is 5.23. The minimum absolute atomic E-state index is 0.000684. The van der Waals surface area contributed by atoms with Gasteiger partial charge in [0.25, 0.3) is 5.91 Å². The lowest BCUT2D eigenvalue weighted by molar-refractivity contribution is -0.112. The Morgan fingerprint density at radius 2 is 1.77 bits per heavy atom. The largest absolute Gasteiger partial charge is 0.490 e. The van der Waals surface area contributed by atoms with Gasteiger partial charge in [-0.2, -0.15) is 13.7 Å². The second-order valence-electron chi connectivity index (χ2n) is 6.83. The number of nitrogens with one attached hydrogen (secondary N) is 1. The van der Waals surface area contributed by atoms with E-state index in [1.54, 1.807) is 49.4 Å². The quantitative estimate of drug-likeness (QED) is 0.134. The van der Waals surface area contributed by atoms with Gasteiger partial charge in [-0.15, -0.1) is 0 Å². The molecule has 0 radical (unpaired) electrons. The average molecular weight is 643 g/mol. The zero-order valence-electron chi connectivity index (χ0n) is 18.1. The number of carbonyl (C=O) groups excluding carboxylic acids is 1. The van der Waals surface area contributed by atoms with Crippen LogP contribution >= 0.6 is 45.8 Å². The van der Waals surface area contributed by atoms with Crippen molar-refractivity contribution in [2.75, 3.05) is 11.9 Å². The van der Waals surface area contributed by atoms with Gasteiger partial charge >= 0.3 is 10.1 Å². The first-order valence-corrected chi connectivity index (χ1v) is 13.2. The molecule has 11 heteroatoms. The summed E-state index contributed by atoms with van der Waals surface area (Å²) in [6.07, 6.45) is 1.33. The molecule has 0 aliphatic heterocycles. The Labute approximate surface area is 226 Å². The van der Waals surface area contributed by atoms with E-state index in [1.807, 2.05) is 28.7 Å². The summed E-state index contributed by atoms with van der Waals surface area (Å²) in [7, 11) is -4.12. The minimum atomic E-state index is -4.12. The zero-order chi connectivity index (χ0) is 25.6. The third-order valence-electron chi connectivity index (χ3n) is 4.43. The normalized spacial score (nSPS) is 11.5. The molecule has 0 bridgehead atoms. The van der Waals surface area contributed by atoms with Crippen molar-refractivity contribution in [3.8, 4) is 17.6 Å². The topological polar surface area (TPSA) is 105 Å². The first kappa shape index (κ1) is 26.8. The Balaban J connectivity index is 1.96. The van der Waals surface area contributed by atoms with Gasteiger partial charge in [-0.3, -0.25) is 4.79 Å². The molecule has 7 nitrogen and oxygen atoms in total. The Kier molecular flexibility index (Phi) is 9.02. The third kappa shape index (κ3) is 6.67. The van der Waals surface area contributed by atoms with Gasteiger partial charge in [-0.1, -0.05) is 47.5 Å². The second-order valence-corrected chi connectivity index (χ2v) is 10.4. The predicted molar refractivity (Wildman–Crippen MR) is 143 cm³/mol. The smallest absolute Gasteiger partial charge is 0.339 e. The molecule has 1 amide bonds. The molecule has 3 aromatic rings. The molecule has 0 spiro atoms. The van der Waals surface area contributed by atoms with Crippen LogP contribution in [0.25, 0.3) is 6.08 Å². The predicted octanol–water partition coefficient (Wildman–Crippen LogP) is 6.31. The monoisotopic (exact) mass is 642 g/mol. The number of benzene rings is 3. The summed E-state index contributed by atoms with van der Waals surface area (Å²) in [5.74, 6) is -0.585. The molecule has 1 N–H and O–H groups in total. The second kappa shape index (κ2) is 11.8. The Bertz CT molecular complexity index is 1420. The molecular weight excluding hydrogens is 626 g/mol. The number of anilines is 1. The van der Waals surface area contributed by atoms with E-state index in [4.69, 9.17) is 32.1 Å². The lowest BCUT2D eigenvalue weighted by Crippen LogP contribution is -2.14. The summed E-state index contributed by atoms with van der Waals surface area (Å²) in [6, 6.07) is 17.3. The van der Waals surface area contributed by atoms with Crippen LogP contribution in [0, 0.1) is 14.9 Å². The van der Waals surface area contributed by atoms with E-state index in [1.165, 1.54) is 24.3 Å². The Morgan fingerprint density at radius 1 is 1.11 bits per heavy atom. The van der Waals surface area contributed by atoms with Crippen molar-refractivity contribution in [3.63, 3.8) is 0 Å². The highest BCUT2D eigenvalue weighted by Gasteiger charge is 2.22. The molecule has 3 rings (SSSR count). The molecule has 0 unspecified atom stereocenters. The highest BCUT2D eigenvalue weighted by atomic mass is 127. The Morgan fingerprint density at radius 3 is 2.37 bits per heavy atom. The summed E-state index contributed by atoms with van der Waals surface area (Å²) < 4.78 is 36.8. The van der Waals surface area contributed by atoms with Crippen LogP contribution in [0.4, 0.5) is 5.69 Å². The number of hydrogen-bond acceptors (Lipinski definition) is 6. The van der Waals surface area contributed by atoms with Crippen molar-refractivity contribution >= 4 is 73.6 Å². The van der Waals surface area contributed by atoms with Crippen LogP contribution in [0.1, 0.15) is 12.5 Å². The lowest BCUT2D eigenvalue weighted by atomic mass is 10.1. The maximum atomic E-state index is 12.7. The molecule has 0 atom stereocenters. The maximum absolute atomic E-state index is 12.7. The van der Waals surface area contributed by atoms with Gasteiger partial charge in [0, 0.05) is 0 Å². The number of hydrogen-bond donors (Lipinski definition) is 1. The van der Waals surface area contributed by atoms with E-state index in [9.17, 15) is 18.5 Å². The molecule has 0 aliphatic rings. The number of ether oxygens (including phenoxy) is 1. The van der Waals surface area contributed by atoms with Crippen LogP contribution in [-0.4, -0.2) is 20.9 Å². The lowest BCUT2D eigenvalue weighted by Gasteiger charge is -2.15. The van der Waals surface area contributed by atoms with Gasteiger partial charge in [-0.05, 0) is 77.6 Å². The van der Waals surface area contributed by atoms with E-state index in [0.717, 1.165) is 0 Å². The number of amides is 1. The fraction of sp³-hybridized carbons (Fsp3) is 0.0833. The van der Waals surface area contributed by atoms with E-state index in [2.05, 4.69) is 5.32 Å². The van der Waals surface area contributed by atoms with Crippen LogP contribution in [-0.2, 0) is 14.9 Å². The van der Waals surface area contributed by atoms with Gasteiger partial charge in [0.05, 0.1) is 25.9 Å². The molecule has 3 aromatic carbocycles. The maximum Gasteiger partial charge on any atom is 0.339 e. The van der Waals surface area contributed by atoms with Crippen LogP contribution < -0.4 is 14.2 Å². The number of para-hydroxylation sites is 1. The molecule has 180 valence electrons. The molecule has 0 saturated heterocycles. The standard InChI is InChI=1S/C24H17Cl2IN2O5S/c1-2-33-21-13-15(11-16(14-28)24(30)29-22-18(25)9-6-10-19(22)26)12-20(27)23(21)34-35(31,32)17-7-4-3-5-8-17/h3-13H,2H2,1H3,(H,29,30)/b16-11+. The van der Waals surface area contributed by atoms with Crippen molar-refractivity contribution in [1.29, 1.82) is 5.26 Å². The fourth-order valence-electron chi connectivity index (χ4n) is 2.87. The van der Waals surface area contributed by atoms with E-state index < -0.39 is 16.0 Å². The first-order chi connectivity index (χ1) is 16.7. The number of halogens is 3. The van der Waals surface area contributed by atoms with Crippen LogP contribution in [0.15, 0.2) is 71.1 Å². The SMILES string of the molecule is CCOc1cc(/C=C(\C#N)C(=O)Nc2c(Cl)cccc2Cl)cc(I)c1OS(=O)(=O)c1ccccc1. The van der Waals surface area contributed by atoms with Crippen LogP contribution in [0.2, 0.25) is 10.0 Å². The number of nitriles is 1. The highest BCUT2D eigenvalue weighted by molar-refractivity contribution is 14.1. The first-order valence-electron chi connectivity index (χ1n) is 9.99. The van der Waals surface area contributed by atoms with Crippen molar-refractivity contribution < 1.29 is 22.1 Å². The van der Waals surface area contributed by atoms with Gasteiger partial charge in [0.2, 0.25) is 0 Å². The average Bonchev–Trinajstić information content (AvgIpc) is 2.82. The van der Waals surface area contributed by atoms with E-state index in [-0.39, 0.29) is 44.3 Å². The third-order valence-corrected chi connectivity index (χ3v) is 7.10. The molecule has 0 aromatic heterocycles. The van der Waals surface area contributed by atoms with Crippen molar-refractivity contribution in [2.45, 2.75) is 11.8 Å². The molecule has 35 heavy (non-hydrogen) atoms. The van der Waals surface area contributed by atoms with Gasteiger partial charge in [0.1, 0.15) is 16.5 Å². The molecule has 0 aliphatic carbocycles. The molecule has 0 saturated carbocycles. The Hall–Kier alpha value is -2.78. The minimum Gasteiger partial charge on any atom is -0.490 e. The van der Waals surface area contributed by atoms with Crippen molar-refractivity contribution in [1.82, 2.24) is 0 Å². The van der Waals surface area contributed by atoms with Gasteiger partial charge in [-0.25, -0.2) is 0 Å². The molecule has 0 heterocycles. The van der Waals surface area contributed by atoms with E-state index >= 15 is 0 Å². The number of rotatable bonds is 8. The van der Waals surface area contributed by atoms with Crippen molar-refractivity contribution in [2.24, 2.45) is 0 Å². The van der Waals surface area contributed by atoms with Crippen LogP contribution in [0.5, 0.6) is 11.5 Å². The number of nitrogens with zero attached hydrogens (tertiary/aromatic N) is 1. The summed E-state index contributed by atoms with van der Waals surface area (Å²) in [4.78, 5) is 12.7. The summed E-state index contributed by atoms with van der Waals surface area (Å²) >= 11 is 14.1. The molecule has 0 fully saturated rings. The van der Waals surface area contributed by atoms with Gasteiger partial charge in [0.15, 0.2) is 11.5 Å². The summed E-state index contributed by atoms with van der Waals surface area (Å²) in [5, 5.41) is 12.5. The summed E-state index contributed by atoms with van der Waals surface area (Å²) in [5.41, 5.74) is 0.366. The zero-order valence-corrected chi connectivity index (χ0v) is 22.6. The highest BCUT2D eigenvalue weighted by Crippen LogP contribution is 2.37. The number of carbonyl (C=O) groups is 1. The molecular formula is C24H17Cl2IN2O5S.